The molecule has 3 aromatic heterocycles. The Balaban J connectivity index is 1.27. The normalized spacial score (nSPS) is 13.7. The van der Waals surface area contributed by atoms with Crippen molar-refractivity contribution >= 4 is 34.5 Å². The molecule has 1 aliphatic heterocycles. The van der Waals surface area contributed by atoms with Crippen molar-refractivity contribution in [1.29, 1.82) is 0 Å². The first-order valence-electron chi connectivity index (χ1n) is 11.4. The monoisotopic (exact) mass is 488 g/mol. The van der Waals surface area contributed by atoms with Crippen molar-refractivity contribution in [3.05, 3.63) is 82.6 Å². The fourth-order valence-electron chi connectivity index (χ4n) is 4.29. The standard InChI is InChI=1S/C24H24N8O4/c1-17(33)28-8-10-29(11-9-28)21-6-5-18(12-22(21)32(35)36)24(34)27-19-13-25-31(15-19)16-20-14-30-7-3-2-4-23(30)26-20/h2-7,12-15H,8-11,16H2,1H3,(H,27,34). The first kappa shape index (κ1) is 23.0. The molecule has 0 aliphatic carbocycles. The van der Waals surface area contributed by atoms with E-state index < -0.39 is 10.8 Å². The van der Waals surface area contributed by atoms with Crippen molar-refractivity contribution in [2.75, 3.05) is 36.4 Å². The molecule has 4 aromatic rings. The average Bonchev–Trinajstić information content (AvgIpc) is 3.49. The highest BCUT2D eigenvalue weighted by Gasteiger charge is 2.26. The van der Waals surface area contributed by atoms with Gasteiger partial charge in [0.25, 0.3) is 11.6 Å². The molecule has 4 heterocycles. The number of benzene rings is 1. The topological polar surface area (TPSA) is 131 Å². The van der Waals surface area contributed by atoms with E-state index in [1.807, 2.05) is 39.9 Å². The second kappa shape index (κ2) is 9.49. The van der Waals surface area contributed by atoms with Gasteiger partial charge in [-0.05, 0) is 24.3 Å². The maximum absolute atomic E-state index is 12.8. The smallest absolute Gasteiger partial charge is 0.293 e. The third kappa shape index (κ3) is 4.73. The van der Waals surface area contributed by atoms with Crippen molar-refractivity contribution in [2.45, 2.75) is 13.5 Å². The first-order chi connectivity index (χ1) is 17.4. The number of nitrogens with one attached hydrogen (secondary N) is 1. The van der Waals surface area contributed by atoms with Gasteiger partial charge in [0, 0.05) is 63.3 Å². The molecule has 0 atom stereocenters. The third-order valence-corrected chi connectivity index (χ3v) is 6.13. The second-order valence-electron chi connectivity index (χ2n) is 8.53. The molecule has 0 saturated carbocycles. The van der Waals surface area contributed by atoms with Crippen LogP contribution in [-0.2, 0) is 11.3 Å². The SMILES string of the molecule is CC(=O)N1CCN(c2ccc(C(=O)Nc3cnn(Cc4cn5ccccc5n4)c3)cc2[N+](=O)[O-])CC1. The van der Waals surface area contributed by atoms with Crippen molar-refractivity contribution < 1.29 is 14.5 Å². The number of aromatic nitrogens is 4. The quantitative estimate of drug-likeness (QED) is 0.326. The van der Waals surface area contributed by atoms with Crippen LogP contribution in [0.1, 0.15) is 23.0 Å². The van der Waals surface area contributed by atoms with Crippen molar-refractivity contribution in [1.82, 2.24) is 24.1 Å². The summed E-state index contributed by atoms with van der Waals surface area (Å²) >= 11 is 0. The molecule has 36 heavy (non-hydrogen) atoms. The number of amides is 2. The lowest BCUT2D eigenvalue weighted by Crippen LogP contribution is -2.48. The summed E-state index contributed by atoms with van der Waals surface area (Å²) in [6, 6.07) is 10.2. The molecule has 1 aromatic carbocycles. The predicted molar refractivity (Wildman–Crippen MR) is 132 cm³/mol. The maximum Gasteiger partial charge on any atom is 0.293 e. The summed E-state index contributed by atoms with van der Waals surface area (Å²) in [5, 5.41) is 18.8. The first-order valence-corrected chi connectivity index (χ1v) is 11.4. The van der Waals surface area contributed by atoms with E-state index in [4.69, 9.17) is 0 Å². The highest BCUT2D eigenvalue weighted by atomic mass is 16.6. The van der Waals surface area contributed by atoms with Gasteiger partial charge in [-0.25, -0.2) is 4.98 Å². The van der Waals surface area contributed by atoms with Gasteiger partial charge in [-0.2, -0.15) is 5.10 Å². The minimum atomic E-state index is -0.490. The summed E-state index contributed by atoms with van der Waals surface area (Å²) in [4.78, 5) is 43.8. The van der Waals surface area contributed by atoms with Gasteiger partial charge in [-0.1, -0.05) is 6.07 Å². The third-order valence-electron chi connectivity index (χ3n) is 6.13. The number of hydrogen-bond acceptors (Lipinski definition) is 7. The maximum atomic E-state index is 12.8. The second-order valence-corrected chi connectivity index (χ2v) is 8.53. The fraction of sp³-hybridized carbons (Fsp3) is 0.250. The number of pyridine rings is 1. The van der Waals surface area contributed by atoms with Gasteiger partial charge in [0.2, 0.25) is 5.91 Å². The van der Waals surface area contributed by atoms with Crippen LogP contribution in [0.25, 0.3) is 5.65 Å². The number of anilines is 2. The van der Waals surface area contributed by atoms with E-state index in [1.54, 1.807) is 27.9 Å². The van der Waals surface area contributed by atoms with Crippen molar-refractivity contribution in [2.24, 2.45) is 0 Å². The summed E-state index contributed by atoms with van der Waals surface area (Å²) in [5.41, 5.74) is 2.56. The molecule has 12 heteroatoms. The number of rotatable bonds is 6. The van der Waals surface area contributed by atoms with Crippen LogP contribution in [0.15, 0.2) is 61.2 Å². The van der Waals surface area contributed by atoms with Crippen LogP contribution in [0, 0.1) is 10.1 Å². The molecular weight excluding hydrogens is 464 g/mol. The number of nitro benzene ring substituents is 1. The van der Waals surface area contributed by atoms with Crippen LogP contribution in [0.5, 0.6) is 0 Å². The molecule has 1 N–H and O–H groups in total. The molecule has 0 unspecified atom stereocenters. The largest absolute Gasteiger partial charge is 0.362 e. The minimum absolute atomic E-state index is 0.0159. The van der Waals surface area contributed by atoms with Crippen LogP contribution in [0.4, 0.5) is 17.1 Å². The lowest BCUT2D eigenvalue weighted by molar-refractivity contribution is -0.384. The zero-order chi connectivity index (χ0) is 25.2. The number of carbonyl (C=O) groups is 2. The lowest BCUT2D eigenvalue weighted by Gasteiger charge is -2.35. The fourth-order valence-corrected chi connectivity index (χ4v) is 4.29. The number of piperazine rings is 1. The number of fused-ring (bicyclic) bond motifs is 1. The van der Waals surface area contributed by atoms with E-state index in [0.29, 0.717) is 44.1 Å². The highest BCUT2D eigenvalue weighted by molar-refractivity contribution is 6.05. The molecular formula is C24H24N8O4. The van der Waals surface area contributed by atoms with Crippen LogP contribution < -0.4 is 10.2 Å². The van der Waals surface area contributed by atoms with Crippen LogP contribution in [-0.4, -0.2) is 67.0 Å². The van der Waals surface area contributed by atoms with E-state index in [9.17, 15) is 19.7 Å². The van der Waals surface area contributed by atoms with E-state index in [-0.39, 0.29) is 17.2 Å². The summed E-state index contributed by atoms with van der Waals surface area (Å²) in [6.07, 6.45) is 7.03. The van der Waals surface area contributed by atoms with E-state index >= 15 is 0 Å². The molecule has 1 saturated heterocycles. The number of nitro groups is 1. The van der Waals surface area contributed by atoms with Gasteiger partial charge >= 0.3 is 0 Å². The Labute approximate surface area is 205 Å². The summed E-state index contributed by atoms with van der Waals surface area (Å²) in [5.74, 6) is -0.490. The number of nitrogens with zero attached hydrogens (tertiary/aromatic N) is 7. The Morgan fingerprint density at radius 2 is 1.92 bits per heavy atom. The molecule has 5 rings (SSSR count). The van der Waals surface area contributed by atoms with Crippen molar-refractivity contribution in [3.63, 3.8) is 0 Å². The van der Waals surface area contributed by atoms with Gasteiger partial charge in [-0.15, -0.1) is 0 Å². The average molecular weight is 489 g/mol. The highest BCUT2D eigenvalue weighted by Crippen LogP contribution is 2.30. The summed E-state index contributed by atoms with van der Waals surface area (Å²) < 4.78 is 3.57. The molecule has 2 amide bonds. The molecule has 0 radical (unpaired) electrons. The van der Waals surface area contributed by atoms with Crippen LogP contribution in [0.2, 0.25) is 0 Å². The van der Waals surface area contributed by atoms with Crippen LogP contribution in [0.3, 0.4) is 0 Å². The molecule has 0 bridgehead atoms. The predicted octanol–water partition coefficient (Wildman–Crippen LogP) is 2.41. The van der Waals surface area contributed by atoms with Gasteiger partial charge in [0.05, 0.1) is 29.0 Å². The molecule has 12 nitrogen and oxygen atoms in total. The van der Waals surface area contributed by atoms with Gasteiger partial charge < -0.3 is 19.5 Å². The number of hydrogen-bond donors (Lipinski definition) is 1. The van der Waals surface area contributed by atoms with Gasteiger partial charge in [0.1, 0.15) is 11.3 Å². The van der Waals surface area contributed by atoms with Crippen LogP contribution >= 0.6 is 0 Å². The molecule has 0 spiro atoms. The van der Waals surface area contributed by atoms with Gasteiger partial charge in [-0.3, -0.25) is 24.4 Å². The lowest BCUT2D eigenvalue weighted by atomic mass is 10.1. The Morgan fingerprint density at radius 3 is 2.64 bits per heavy atom. The van der Waals surface area contributed by atoms with Crippen molar-refractivity contribution in [3.8, 4) is 0 Å². The summed E-state index contributed by atoms with van der Waals surface area (Å²) in [6.45, 7) is 3.89. The Kier molecular flexibility index (Phi) is 6.07. The number of imidazole rings is 1. The van der Waals surface area contributed by atoms with E-state index in [1.165, 1.54) is 19.2 Å². The summed E-state index contributed by atoms with van der Waals surface area (Å²) in [7, 11) is 0. The minimum Gasteiger partial charge on any atom is -0.362 e. The van der Waals surface area contributed by atoms with E-state index in [2.05, 4.69) is 15.4 Å². The molecule has 1 fully saturated rings. The zero-order valence-corrected chi connectivity index (χ0v) is 19.6. The Morgan fingerprint density at radius 1 is 1.11 bits per heavy atom. The molecule has 184 valence electrons. The number of carbonyl (C=O) groups excluding carboxylic acids is 2. The van der Waals surface area contributed by atoms with Gasteiger partial charge in [0.15, 0.2) is 0 Å². The Bertz CT molecular complexity index is 1420. The van der Waals surface area contributed by atoms with E-state index in [0.717, 1.165) is 11.3 Å². The molecule has 1 aliphatic rings. The Hall–Kier alpha value is -4.74. The zero-order valence-electron chi connectivity index (χ0n) is 19.6.